The normalized spacial score (nSPS) is 11.0. The van der Waals surface area contributed by atoms with Crippen LogP contribution in [0.2, 0.25) is 0 Å². The summed E-state index contributed by atoms with van der Waals surface area (Å²) in [6, 6.07) is 23.3. The highest BCUT2D eigenvalue weighted by atomic mass is 16.5. The summed E-state index contributed by atoms with van der Waals surface area (Å²) >= 11 is 0. The molecule has 3 aromatic carbocycles. The fraction of sp³-hybridized carbons (Fsp3) is 0.174. The largest absolute Gasteiger partial charge is 0.497 e. The molecule has 0 aromatic heterocycles. The zero-order valence-corrected chi connectivity index (χ0v) is 16.6. The smallest absolute Gasteiger partial charge is 0.193 e. The Balaban J connectivity index is 1.56. The van der Waals surface area contributed by atoms with Crippen molar-refractivity contribution in [2.45, 2.75) is 13.2 Å². The third-order valence-corrected chi connectivity index (χ3v) is 4.27. The Hall–Kier alpha value is -3.67. The number of guanidine groups is 1. The first kappa shape index (κ1) is 20.1. The van der Waals surface area contributed by atoms with Crippen molar-refractivity contribution >= 4 is 11.6 Å². The minimum absolute atomic E-state index is 0.299. The second kappa shape index (κ2) is 10.0. The van der Waals surface area contributed by atoms with E-state index in [0.717, 1.165) is 16.9 Å². The molecule has 3 aromatic rings. The zero-order chi connectivity index (χ0) is 20.5. The van der Waals surface area contributed by atoms with Gasteiger partial charge in [0.25, 0.3) is 0 Å². The highest BCUT2D eigenvalue weighted by Crippen LogP contribution is 2.28. The van der Waals surface area contributed by atoms with Gasteiger partial charge in [0.1, 0.15) is 23.9 Å². The SMILES string of the molecule is COc1ccc(OC)c(NC(N)=NCc2ccc(COc3ccccc3)cc2)c1. The van der Waals surface area contributed by atoms with Gasteiger partial charge >= 0.3 is 0 Å². The first-order valence-corrected chi connectivity index (χ1v) is 9.22. The van der Waals surface area contributed by atoms with E-state index in [9.17, 15) is 0 Å². The number of nitrogens with zero attached hydrogens (tertiary/aromatic N) is 1. The lowest BCUT2D eigenvalue weighted by Crippen LogP contribution is -2.23. The average molecular weight is 391 g/mol. The summed E-state index contributed by atoms with van der Waals surface area (Å²) in [4.78, 5) is 4.40. The van der Waals surface area contributed by atoms with Gasteiger partial charge in [0.2, 0.25) is 0 Å². The van der Waals surface area contributed by atoms with Crippen LogP contribution in [-0.2, 0) is 13.2 Å². The van der Waals surface area contributed by atoms with Crippen LogP contribution in [0.15, 0.2) is 77.8 Å². The van der Waals surface area contributed by atoms with Gasteiger partial charge in [-0.1, -0.05) is 42.5 Å². The topological polar surface area (TPSA) is 78.1 Å². The second-order valence-corrected chi connectivity index (χ2v) is 6.31. The van der Waals surface area contributed by atoms with Crippen LogP contribution >= 0.6 is 0 Å². The number of anilines is 1. The van der Waals surface area contributed by atoms with Crippen LogP contribution in [0.1, 0.15) is 11.1 Å². The van der Waals surface area contributed by atoms with E-state index in [-0.39, 0.29) is 0 Å². The van der Waals surface area contributed by atoms with Crippen LogP contribution in [0.25, 0.3) is 0 Å². The molecule has 0 fully saturated rings. The third-order valence-electron chi connectivity index (χ3n) is 4.27. The molecule has 0 radical (unpaired) electrons. The third kappa shape index (κ3) is 5.90. The number of hydrogen-bond acceptors (Lipinski definition) is 4. The second-order valence-electron chi connectivity index (χ2n) is 6.31. The quantitative estimate of drug-likeness (QED) is 0.444. The maximum atomic E-state index is 6.03. The van der Waals surface area contributed by atoms with Crippen molar-refractivity contribution < 1.29 is 14.2 Å². The summed E-state index contributed by atoms with van der Waals surface area (Å²) in [7, 11) is 3.21. The lowest BCUT2D eigenvalue weighted by Gasteiger charge is -2.12. The van der Waals surface area contributed by atoms with Crippen molar-refractivity contribution in [2.24, 2.45) is 10.7 Å². The maximum absolute atomic E-state index is 6.03. The van der Waals surface area contributed by atoms with Crippen molar-refractivity contribution in [2.75, 3.05) is 19.5 Å². The molecule has 0 saturated carbocycles. The summed E-state index contributed by atoms with van der Waals surface area (Å²) in [6.45, 7) is 0.984. The Morgan fingerprint density at radius 1 is 0.862 bits per heavy atom. The van der Waals surface area contributed by atoms with Crippen LogP contribution in [0.5, 0.6) is 17.2 Å². The van der Waals surface area contributed by atoms with Gasteiger partial charge in [0, 0.05) is 6.07 Å². The molecule has 29 heavy (non-hydrogen) atoms. The van der Waals surface area contributed by atoms with Gasteiger partial charge in [0.05, 0.1) is 26.5 Å². The Kier molecular flexibility index (Phi) is 6.95. The van der Waals surface area contributed by atoms with Gasteiger partial charge in [0.15, 0.2) is 5.96 Å². The number of hydrogen-bond donors (Lipinski definition) is 2. The molecule has 3 rings (SSSR count). The molecule has 0 heterocycles. The summed E-state index contributed by atoms with van der Waals surface area (Å²) in [5.74, 6) is 2.52. The standard InChI is InChI=1S/C23H25N3O3/c1-27-20-12-13-22(28-2)21(14-20)26-23(24)25-15-17-8-10-18(11-9-17)16-29-19-6-4-3-5-7-19/h3-14H,15-16H2,1-2H3,(H3,24,25,26). The molecule has 0 unspecified atom stereocenters. The summed E-state index contributed by atoms with van der Waals surface area (Å²) in [5.41, 5.74) is 8.87. The Morgan fingerprint density at radius 2 is 1.59 bits per heavy atom. The number of methoxy groups -OCH3 is 2. The first-order valence-electron chi connectivity index (χ1n) is 9.22. The van der Waals surface area contributed by atoms with Gasteiger partial charge in [-0.2, -0.15) is 0 Å². The summed E-state index contributed by atoms with van der Waals surface area (Å²) in [6.07, 6.45) is 0. The van der Waals surface area contributed by atoms with E-state index in [1.165, 1.54) is 0 Å². The summed E-state index contributed by atoms with van der Waals surface area (Å²) in [5, 5.41) is 3.06. The molecule has 0 saturated heterocycles. The molecule has 6 heteroatoms. The monoisotopic (exact) mass is 391 g/mol. The lowest BCUT2D eigenvalue weighted by molar-refractivity contribution is 0.306. The van der Waals surface area contributed by atoms with E-state index in [0.29, 0.717) is 36.3 Å². The molecule has 150 valence electrons. The Morgan fingerprint density at radius 3 is 2.28 bits per heavy atom. The van der Waals surface area contributed by atoms with Crippen LogP contribution in [0.3, 0.4) is 0 Å². The van der Waals surface area contributed by atoms with E-state index < -0.39 is 0 Å². The molecule has 3 N–H and O–H groups in total. The van der Waals surface area contributed by atoms with Crippen molar-refractivity contribution in [3.8, 4) is 17.2 Å². The Bertz CT molecular complexity index is 941. The molecule has 0 spiro atoms. The van der Waals surface area contributed by atoms with E-state index in [4.69, 9.17) is 19.9 Å². The number of aliphatic imine (C=N–C) groups is 1. The fourth-order valence-electron chi connectivity index (χ4n) is 2.69. The van der Waals surface area contributed by atoms with Crippen molar-refractivity contribution in [1.29, 1.82) is 0 Å². The van der Waals surface area contributed by atoms with E-state index in [1.54, 1.807) is 14.2 Å². The minimum atomic E-state index is 0.299. The molecule has 0 bridgehead atoms. The number of rotatable bonds is 8. The summed E-state index contributed by atoms with van der Waals surface area (Å²) < 4.78 is 16.3. The molecule has 0 aliphatic carbocycles. The number of benzene rings is 3. The molecular formula is C23H25N3O3. The van der Waals surface area contributed by atoms with E-state index in [1.807, 2.05) is 72.8 Å². The zero-order valence-electron chi connectivity index (χ0n) is 16.6. The number of para-hydroxylation sites is 1. The lowest BCUT2D eigenvalue weighted by atomic mass is 10.1. The number of ether oxygens (including phenoxy) is 3. The highest BCUT2D eigenvalue weighted by Gasteiger charge is 2.06. The molecule has 0 aliphatic heterocycles. The van der Waals surface area contributed by atoms with E-state index >= 15 is 0 Å². The molecule has 6 nitrogen and oxygen atoms in total. The predicted octanol–water partition coefficient (Wildman–Crippen LogP) is 4.21. The van der Waals surface area contributed by atoms with Crippen LogP contribution in [0.4, 0.5) is 5.69 Å². The van der Waals surface area contributed by atoms with Crippen LogP contribution < -0.4 is 25.3 Å². The van der Waals surface area contributed by atoms with E-state index in [2.05, 4.69) is 10.3 Å². The first-order chi connectivity index (χ1) is 14.2. The predicted molar refractivity (Wildman–Crippen MR) is 116 cm³/mol. The Labute approximate surface area is 170 Å². The van der Waals surface area contributed by atoms with Crippen molar-refractivity contribution in [3.05, 3.63) is 83.9 Å². The van der Waals surface area contributed by atoms with Gasteiger partial charge in [-0.25, -0.2) is 4.99 Å². The number of nitrogens with one attached hydrogen (secondary N) is 1. The highest BCUT2D eigenvalue weighted by molar-refractivity contribution is 5.94. The molecule has 0 aliphatic rings. The van der Waals surface area contributed by atoms with Gasteiger partial charge < -0.3 is 25.3 Å². The van der Waals surface area contributed by atoms with Crippen LogP contribution in [-0.4, -0.2) is 20.2 Å². The van der Waals surface area contributed by atoms with Crippen molar-refractivity contribution in [3.63, 3.8) is 0 Å². The maximum Gasteiger partial charge on any atom is 0.193 e. The van der Waals surface area contributed by atoms with Crippen LogP contribution in [0, 0.1) is 0 Å². The molecule has 0 atom stereocenters. The van der Waals surface area contributed by atoms with Crippen molar-refractivity contribution in [1.82, 2.24) is 0 Å². The molecular weight excluding hydrogens is 366 g/mol. The van der Waals surface area contributed by atoms with Gasteiger partial charge in [-0.3, -0.25) is 0 Å². The fourth-order valence-corrected chi connectivity index (χ4v) is 2.69. The van der Waals surface area contributed by atoms with Gasteiger partial charge in [-0.15, -0.1) is 0 Å². The number of nitrogens with two attached hydrogens (primary N) is 1. The van der Waals surface area contributed by atoms with Gasteiger partial charge in [-0.05, 0) is 35.4 Å². The molecule has 0 amide bonds. The average Bonchev–Trinajstić information content (AvgIpc) is 2.77. The minimum Gasteiger partial charge on any atom is -0.497 e.